The van der Waals surface area contributed by atoms with Crippen molar-refractivity contribution in [2.45, 2.75) is 6.54 Å². The Kier molecular flexibility index (Phi) is 5.45. The van der Waals surface area contributed by atoms with Gasteiger partial charge in [-0.25, -0.2) is 4.98 Å². The molecule has 0 radical (unpaired) electrons. The zero-order valence-electron chi connectivity index (χ0n) is 15.0. The Hall–Kier alpha value is -3.44. The minimum atomic E-state index is 0.551. The second-order valence-electron chi connectivity index (χ2n) is 6.17. The van der Waals surface area contributed by atoms with Crippen LogP contribution in [0.3, 0.4) is 0 Å². The summed E-state index contributed by atoms with van der Waals surface area (Å²) in [5.41, 5.74) is 3.87. The molecular weight excluding hydrogens is 370 g/mol. The molecule has 0 atom stereocenters. The molecule has 5 nitrogen and oxygen atoms in total. The van der Waals surface area contributed by atoms with Crippen LogP contribution in [0.2, 0.25) is 5.02 Å². The standard InChI is InChI=1S/C22H18ClN5/c23-18-6-8-19(9-7-18)26-21-14-20(17-4-2-1-3-5-17)27-22(28-21)25-15-16-10-12-24-13-11-16/h1-14H,15H2,(H2,25,26,27,28). The van der Waals surface area contributed by atoms with Crippen molar-refractivity contribution >= 4 is 29.1 Å². The maximum atomic E-state index is 5.98. The van der Waals surface area contributed by atoms with Crippen LogP contribution in [0.1, 0.15) is 5.56 Å². The van der Waals surface area contributed by atoms with Gasteiger partial charge in [-0.2, -0.15) is 4.98 Å². The van der Waals surface area contributed by atoms with E-state index in [0.29, 0.717) is 23.3 Å². The second-order valence-corrected chi connectivity index (χ2v) is 6.61. The van der Waals surface area contributed by atoms with Crippen LogP contribution >= 0.6 is 11.6 Å². The number of halogens is 1. The van der Waals surface area contributed by atoms with Crippen molar-refractivity contribution in [3.63, 3.8) is 0 Å². The molecule has 2 aromatic heterocycles. The summed E-state index contributed by atoms with van der Waals surface area (Å²) in [6, 6.07) is 23.4. The van der Waals surface area contributed by atoms with Gasteiger partial charge in [-0.15, -0.1) is 0 Å². The third kappa shape index (κ3) is 4.64. The Morgan fingerprint density at radius 2 is 1.57 bits per heavy atom. The zero-order chi connectivity index (χ0) is 19.2. The molecule has 4 aromatic rings. The van der Waals surface area contributed by atoms with Gasteiger partial charge in [0.05, 0.1) is 5.69 Å². The fourth-order valence-electron chi connectivity index (χ4n) is 2.71. The zero-order valence-corrected chi connectivity index (χ0v) is 15.8. The predicted molar refractivity (Wildman–Crippen MR) is 114 cm³/mol. The molecule has 2 aromatic carbocycles. The highest BCUT2D eigenvalue weighted by Gasteiger charge is 2.07. The van der Waals surface area contributed by atoms with Crippen LogP contribution in [0, 0.1) is 0 Å². The normalized spacial score (nSPS) is 10.5. The second kappa shape index (κ2) is 8.50. The van der Waals surface area contributed by atoms with Gasteiger partial charge < -0.3 is 10.6 Å². The lowest BCUT2D eigenvalue weighted by atomic mass is 10.1. The van der Waals surface area contributed by atoms with E-state index in [4.69, 9.17) is 11.6 Å². The lowest BCUT2D eigenvalue weighted by Gasteiger charge is -2.12. The molecule has 0 amide bonds. The molecular formula is C22H18ClN5. The van der Waals surface area contributed by atoms with Gasteiger partial charge in [-0.1, -0.05) is 41.9 Å². The van der Waals surface area contributed by atoms with E-state index in [1.54, 1.807) is 12.4 Å². The quantitative estimate of drug-likeness (QED) is 0.454. The molecule has 138 valence electrons. The third-order valence-electron chi connectivity index (χ3n) is 4.11. The Morgan fingerprint density at radius 1 is 0.821 bits per heavy atom. The Balaban J connectivity index is 1.63. The molecule has 2 heterocycles. The summed E-state index contributed by atoms with van der Waals surface area (Å²) in [5.74, 6) is 1.25. The average Bonchev–Trinajstić information content (AvgIpc) is 2.75. The molecule has 0 bridgehead atoms. The summed E-state index contributed by atoms with van der Waals surface area (Å²) in [6.07, 6.45) is 3.54. The number of anilines is 3. The van der Waals surface area contributed by atoms with Crippen LogP contribution in [0.4, 0.5) is 17.5 Å². The largest absolute Gasteiger partial charge is 0.350 e. The number of hydrogen-bond acceptors (Lipinski definition) is 5. The van der Waals surface area contributed by atoms with E-state index < -0.39 is 0 Å². The van der Waals surface area contributed by atoms with Crippen molar-refractivity contribution in [3.8, 4) is 11.3 Å². The number of aromatic nitrogens is 3. The van der Waals surface area contributed by atoms with Gasteiger partial charge in [0, 0.05) is 41.3 Å². The van der Waals surface area contributed by atoms with Crippen molar-refractivity contribution in [2.75, 3.05) is 10.6 Å². The van der Waals surface area contributed by atoms with Crippen LogP contribution in [-0.4, -0.2) is 15.0 Å². The molecule has 0 saturated heterocycles. The Bertz CT molecular complexity index is 1040. The first-order valence-corrected chi connectivity index (χ1v) is 9.24. The van der Waals surface area contributed by atoms with Crippen molar-refractivity contribution in [2.24, 2.45) is 0 Å². The number of benzene rings is 2. The molecule has 0 aliphatic rings. The van der Waals surface area contributed by atoms with E-state index >= 15 is 0 Å². The first kappa shape index (κ1) is 17.9. The number of hydrogen-bond donors (Lipinski definition) is 2. The monoisotopic (exact) mass is 387 g/mol. The summed E-state index contributed by atoms with van der Waals surface area (Å²) in [7, 11) is 0. The van der Waals surface area contributed by atoms with Gasteiger partial charge in [0.25, 0.3) is 0 Å². The van der Waals surface area contributed by atoms with Crippen LogP contribution in [0.15, 0.2) is 85.2 Å². The first-order valence-electron chi connectivity index (χ1n) is 8.86. The van der Waals surface area contributed by atoms with Gasteiger partial charge in [-0.05, 0) is 42.0 Å². The van der Waals surface area contributed by atoms with E-state index in [-0.39, 0.29) is 0 Å². The van der Waals surface area contributed by atoms with Gasteiger partial charge in [0.15, 0.2) is 0 Å². The van der Waals surface area contributed by atoms with Crippen molar-refractivity contribution in [1.29, 1.82) is 0 Å². The molecule has 0 unspecified atom stereocenters. The summed E-state index contributed by atoms with van der Waals surface area (Å²) in [6.45, 7) is 0.612. The number of nitrogens with zero attached hydrogens (tertiary/aromatic N) is 3. The van der Waals surface area contributed by atoms with Crippen LogP contribution < -0.4 is 10.6 Å². The van der Waals surface area contributed by atoms with E-state index in [1.807, 2.05) is 72.8 Å². The van der Waals surface area contributed by atoms with Crippen LogP contribution in [0.25, 0.3) is 11.3 Å². The molecule has 0 spiro atoms. The van der Waals surface area contributed by atoms with E-state index in [1.165, 1.54) is 0 Å². The summed E-state index contributed by atoms with van der Waals surface area (Å²) in [4.78, 5) is 13.3. The molecule has 2 N–H and O–H groups in total. The van der Waals surface area contributed by atoms with Crippen molar-refractivity contribution in [3.05, 3.63) is 95.8 Å². The SMILES string of the molecule is Clc1ccc(Nc2cc(-c3ccccc3)nc(NCc3ccncc3)n2)cc1. The number of rotatable bonds is 6. The topological polar surface area (TPSA) is 62.7 Å². The molecule has 0 aliphatic carbocycles. The van der Waals surface area contributed by atoms with Gasteiger partial charge >= 0.3 is 0 Å². The molecule has 0 aliphatic heterocycles. The highest BCUT2D eigenvalue weighted by Crippen LogP contribution is 2.24. The van der Waals surface area contributed by atoms with E-state index in [2.05, 4.69) is 25.6 Å². The fraction of sp³-hybridized carbons (Fsp3) is 0.0455. The molecule has 0 fully saturated rings. The van der Waals surface area contributed by atoms with Crippen LogP contribution in [0.5, 0.6) is 0 Å². The summed E-state index contributed by atoms with van der Waals surface area (Å²) < 4.78 is 0. The average molecular weight is 388 g/mol. The Labute approximate surface area is 168 Å². The maximum Gasteiger partial charge on any atom is 0.225 e. The third-order valence-corrected chi connectivity index (χ3v) is 4.36. The lowest BCUT2D eigenvalue weighted by molar-refractivity contribution is 1.05. The van der Waals surface area contributed by atoms with E-state index in [9.17, 15) is 0 Å². The molecule has 0 saturated carbocycles. The lowest BCUT2D eigenvalue weighted by Crippen LogP contribution is -2.06. The summed E-state index contributed by atoms with van der Waals surface area (Å²) in [5, 5.41) is 7.31. The van der Waals surface area contributed by atoms with Gasteiger partial charge in [0.1, 0.15) is 5.82 Å². The maximum absolute atomic E-state index is 5.98. The minimum absolute atomic E-state index is 0.551. The summed E-state index contributed by atoms with van der Waals surface area (Å²) >= 11 is 5.98. The fourth-order valence-corrected chi connectivity index (χ4v) is 2.84. The van der Waals surface area contributed by atoms with Crippen molar-refractivity contribution < 1.29 is 0 Å². The predicted octanol–water partition coefficient (Wildman–Crippen LogP) is 5.55. The number of nitrogens with one attached hydrogen (secondary N) is 2. The molecule has 28 heavy (non-hydrogen) atoms. The smallest absolute Gasteiger partial charge is 0.225 e. The highest BCUT2D eigenvalue weighted by atomic mass is 35.5. The Morgan fingerprint density at radius 3 is 2.32 bits per heavy atom. The minimum Gasteiger partial charge on any atom is -0.350 e. The highest BCUT2D eigenvalue weighted by molar-refractivity contribution is 6.30. The molecule has 6 heteroatoms. The molecule has 4 rings (SSSR count). The van der Waals surface area contributed by atoms with Gasteiger partial charge in [-0.3, -0.25) is 4.98 Å². The van der Waals surface area contributed by atoms with Gasteiger partial charge in [0.2, 0.25) is 5.95 Å². The van der Waals surface area contributed by atoms with E-state index in [0.717, 1.165) is 22.5 Å². The van der Waals surface area contributed by atoms with Crippen LogP contribution in [-0.2, 0) is 6.54 Å². The first-order chi connectivity index (χ1) is 13.8. The number of pyridine rings is 1. The van der Waals surface area contributed by atoms with Crippen molar-refractivity contribution in [1.82, 2.24) is 15.0 Å².